The van der Waals surface area contributed by atoms with E-state index in [-0.39, 0.29) is 0 Å². The molecule has 94 valence electrons. The zero-order valence-electron chi connectivity index (χ0n) is 10.8. The summed E-state index contributed by atoms with van der Waals surface area (Å²) in [5, 5.41) is 0. The third-order valence-corrected chi connectivity index (χ3v) is 4.08. The fourth-order valence-corrected chi connectivity index (χ4v) is 2.53. The summed E-state index contributed by atoms with van der Waals surface area (Å²) in [6, 6.07) is 13.3. The molecule has 0 saturated carbocycles. The second-order valence-corrected chi connectivity index (χ2v) is 5.41. The summed E-state index contributed by atoms with van der Waals surface area (Å²) < 4.78 is 17.6. The van der Waals surface area contributed by atoms with E-state index in [0.29, 0.717) is 5.75 Å². The smallest absolute Gasteiger partial charge is 0.240 e. The number of hydrogen-bond donors (Lipinski definition) is 0. The van der Waals surface area contributed by atoms with Crippen molar-refractivity contribution >= 4 is 11.1 Å². The van der Waals surface area contributed by atoms with Crippen LogP contribution < -0.4 is 4.18 Å². The molecule has 0 fully saturated rings. The van der Waals surface area contributed by atoms with E-state index < -0.39 is 11.1 Å². The Labute approximate surface area is 110 Å². The summed E-state index contributed by atoms with van der Waals surface area (Å²) in [5.74, 6) is 0.639. The van der Waals surface area contributed by atoms with E-state index in [1.165, 1.54) is 5.56 Å². The first-order valence-corrected chi connectivity index (χ1v) is 6.88. The van der Waals surface area contributed by atoms with Gasteiger partial charge in [-0.3, -0.25) is 0 Å². The van der Waals surface area contributed by atoms with Gasteiger partial charge in [0, 0.05) is 0 Å². The lowest BCUT2D eigenvalue weighted by molar-refractivity contribution is 0.561. The predicted octanol–water partition coefficient (Wildman–Crippen LogP) is 3.71. The fraction of sp³-hybridized carbons (Fsp3) is 0.200. The predicted molar refractivity (Wildman–Crippen MR) is 74.1 cm³/mol. The van der Waals surface area contributed by atoms with Gasteiger partial charge in [-0.25, -0.2) is 4.21 Å². The maximum absolute atomic E-state index is 12.1. The summed E-state index contributed by atoms with van der Waals surface area (Å²) in [6.45, 7) is 5.98. The maximum Gasteiger partial charge on any atom is 0.240 e. The standard InChI is InChI=1S/C15H16O2S/c1-11-8-9-14(10-13(11)3)17-18(16)15-7-5-4-6-12(15)2/h4-10H,1-3H3. The molecule has 2 rings (SSSR count). The Kier molecular flexibility index (Phi) is 3.82. The van der Waals surface area contributed by atoms with E-state index in [1.807, 2.05) is 63.2 Å². The zero-order chi connectivity index (χ0) is 13.1. The Morgan fingerprint density at radius 3 is 2.28 bits per heavy atom. The van der Waals surface area contributed by atoms with Gasteiger partial charge in [-0.2, -0.15) is 0 Å². The topological polar surface area (TPSA) is 26.3 Å². The van der Waals surface area contributed by atoms with E-state index in [1.54, 1.807) is 0 Å². The van der Waals surface area contributed by atoms with E-state index in [2.05, 4.69) is 0 Å². The van der Waals surface area contributed by atoms with E-state index >= 15 is 0 Å². The number of aryl methyl sites for hydroxylation is 3. The van der Waals surface area contributed by atoms with Gasteiger partial charge >= 0.3 is 0 Å². The Morgan fingerprint density at radius 2 is 1.61 bits per heavy atom. The quantitative estimate of drug-likeness (QED) is 0.841. The van der Waals surface area contributed by atoms with Gasteiger partial charge in [-0.05, 0) is 55.7 Å². The Morgan fingerprint density at radius 1 is 0.889 bits per heavy atom. The van der Waals surface area contributed by atoms with Crippen molar-refractivity contribution in [2.45, 2.75) is 25.7 Å². The van der Waals surface area contributed by atoms with Crippen molar-refractivity contribution in [2.24, 2.45) is 0 Å². The molecule has 3 heteroatoms. The van der Waals surface area contributed by atoms with E-state index in [4.69, 9.17) is 4.18 Å². The molecule has 1 atom stereocenters. The van der Waals surface area contributed by atoms with Crippen LogP contribution in [0, 0.1) is 20.8 Å². The average molecular weight is 260 g/mol. The molecule has 1 unspecified atom stereocenters. The van der Waals surface area contributed by atoms with Gasteiger partial charge in [0.25, 0.3) is 0 Å². The van der Waals surface area contributed by atoms with Crippen molar-refractivity contribution in [3.8, 4) is 5.75 Å². The van der Waals surface area contributed by atoms with Gasteiger partial charge in [-0.15, -0.1) is 0 Å². The van der Waals surface area contributed by atoms with Gasteiger partial charge in [0.05, 0.1) is 4.90 Å². The number of benzene rings is 2. The molecule has 0 aromatic heterocycles. The lowest BCUT2D eigenvalue weighted by Crippen LogP contribution is -2.03. The van der Waals surface area contributed by atoms with Crippen LogP contribution in [0.5, 0.6) is 5.75 Å². The van der Waals surface area contributed by atoms with Crippen molar-refractivity contribution in [2.75, 3.05) is 0 Å². The lowest BCUT2D eigenvalue weighted by Gasteiger charge is -2.08. The zero-order valence-corrected chi connectivity index (χ0v) is 11.6. The molecule has 0 spiro atoms. The van der Waals surface area contributed by atoms with Crippen LogP contribution in [0.2, 0.25) is 0 Å². The van der Waals surface area contributed by atoms with Gasteiger partial charge in [0.1, 0.15) is 5.75 Å². The van der Waals surface area contributed by atoms with Crippen molar-refractivity contribution in [3.05, 3.63) is 59.2 Å². The molecule has 2 aromatic rings. The van der Waals surface area contributed by atoms with Crippen LogP contribution in [0.3, 0.4) is 0 Å². The van der Waals surface area contributed by atoms with Crippen molar-refractivity contribution in [1.82, 2.24) is 0 Å². The van der Waals surface area contributed by atoms with Crippen LogP contribution in [0.1, 0.15) is 16.7 Å². The highest BCUT2D eigenvalue weighted by Gasteiger charge is 2.09. The molecule has 0 aliphatic heterocycles. The van der Waals surface area contributed by atoms with Gasteiger partial charge in [-0.1, -0.05) is 24.3 Å². The third-order valence-electron chi connectivity index (χ3n) is 2.92. The Balaban J connectivity index is 2.22. The Hall–Kier alpha value is -1.61. The van der Waals surface area contributed by atoms with Crippen LogP contribution in [-0.2, 0) is 11.1 Å². The molecular formula is C15H16O2S. The fourth-order valence-electron chi connectivity index (χ4n) is 1.64. The van der Waals surface area contributed by atoms with Gasteiger partial charge in [0.15, 0.2) is 0 Å². The molecule has 0 N–H and O–H groups in total. The molecule has 0 radical (unpaired) electrons. The average Bonchev–Trinajstić information content (AvgIpc) is 2.34. The summed E-state index contributed by atoms with van der Waals surface area (Å²) in [6.07, 6.45) is 0. The van der Waals surface area contributed by atoms with Crippen molar-refractivity contribution in [3.63, 3.8) is 0 Å². The molecule has 2 nitrogen and oxygen atoms in total. The molecule has 0 bridgehead atoms. The molecule has 18 heavy (non-hydrogen) atoms. The summed E-state index contributed by atoms with van der Waals surface area (Å²) >= 11 is -1.46. The second-order valence-electron chi connectivity index (χ2n) is 4.33. The third kappa shape index (κ3) is 2.79. The lowest BCUT2D eigenvalue weighted by atomic mass is 10.1. The van der Waals surface area contributed by atoms with Gasteiger partial charge in [0.2, 0.25) is 11.1 Å². The largest absolute Gasteiger partial charge is 0.397 e. The second kappa shape index (κ2) is 5.36. The van der Waals surface area contributed by atoms with E-state index in [0.717, 1.165) is 16.0 Å². The van der Waals surface area contributed by atoms with Crippen molar-refractivity contribution in [1.29, 1.82) is 0 Å². The van der Waals surface area contributed by atoms with E-state index in [9.17, 15) is 4.21 Å². The SMILES string of the molecule is Cc1ccc(OS(=O)c2ccccc2C)cc1C. The molecule has 0 heterocycles. The maximum atomic E-state index is 12.1. The Bertz CT molecular complexity index is 591. The van der Waals surface area contributed by atoms with Crippen LogP contribution >= 0.6 is 0 Å². The highest BCUT2D eigenvalue weighted by molar-refractivity contribution is 7.80. The molecule has 0 aliphatic rings. The van der Waals surface area contributed by atoms with Crippen LogP contribution in [-0.4, -0.2) is 4.21 Å². The highest BCUT2D eigenvalue weighted by atomic mass is 32.2. The number of rotatable bonds is 3. The minimum atomic E-state index is -1.46. The normalized spacial score (nSPS) is 12.2. The molecule has 0 saturated heterocycles. The number of hydrogen-bond acceptors (Lipinski definition) is 2. The highest BCUT2D eigenvalue weighted by Crippen LogP contribution is 2.20. The molecule has 2 aromatic carbocycles. The summed E-state index contributed by atoms with van der Waals surface area (Å²) in [4.78, 5) is 0.718. The van der Waals surface area contributed by atoms with Crippen molar-refractivity contribution < 1.29 is 8.39 Å². The molecule has 0 amide bonds. The van der Waals surface area contributed by atoms with Crippen LogP contribution in [0.15, 0.2) is 47.4 Å². The molecule has 0 aliphatic carbocycles. The minimum Gasteiger partial charge on any atom is -0.397 e. The summed E-state index contributed by atoms with van der Waals surface area (Å²) in [7, 11) is 0. The first-order chi connectivity index (χ1) is 8.58. The first-order valence-electron chi connectivity index (χ1n) is 5.81. The summed E-state index contributed by atoms with van der Waals surface area (Å²) in [5.41, 5.74) is 3.30. The van der Waals surface area contributed by atoms with Crippen LogP contribution in [0.25, 0.3) is 0 Å². The van der Waals surface area contributed by atoms with Crippen LogP contribution in [0.4, 0.5) is 0 Å². The first kappa shape index (κ1) is 12.8. The van der Waals surface area contributed by atoms with Gasteiger partial charge < -0.3 is 4.18 Å². The monoisotopic (exact) mass is 260 g/mol. The minimum absolute atomic E-state index is 0.639. The molecular weight excluding hydrogens is 244 g/mol.